The molecule has 1 saturated heterocycles. The molecule has 1 aliphatic heterocycles. The first-order valence-electron chi connectivity index (χ1n) is 7.52. The lowest BCUT2D eigenvalue weighted by atomic mass is 10.0. The van der Waals surface area contributed by atoms with Gasteiger partial charge in [0.05, 0.1) is 0 Å². The summed E-state index contributed by atoms with van der Waals surface area (Å²) in [6, 6.07) is 9.05. The Balaban J connectivity index is 1.73. The summed E-state index contributed by atoms with van der Waals surface area (Å²) in [5, 5.41) is 7.12. The minimum absolute atomic E-state index is 0.455. The number of aromatic amines is 1. The van der Waals surface area contributed by atoms with Crippen LogP contribution in [-0.2, 0) is 11.3 Å². The van der Waals surface area contributed by atoms with Crippen molar-refractivity contribution >= 4 is 0 Å². The van der Waals surface area contributed by atoms with Crippen LogP contribution < -0.4 is 0 Å². The number of benzene rings is 1. The van der Waals surface area contributed by atoms with Crippen molar-refractivity contribution < 1.29 is 4.74 Å². The number of rotatable bonds is 5. The van der Waals surface area contributed by atoms with Crippen LogP contribution in [-0.4, -0.2) is 40.3 Å². The first-order chi connectivity index (χ1) is 10.3. The molecule has 0 radical (unpaired) electrons. The average molecular weight is 286 g/mol. The maximum atomic E-state index is 5.05. The molecule has 1 aliphatic rings. The summed E-state index contributed by atoms with van der Waals surface area (Å²) in [7, 11) is 1.65. The normalized spacial score (nSPS) is 17.2. The van der Waals surface area contributed by atoms with Crippen LogP contribution >= 0.6 is 0 Å². The van der Waals surface area contributed by atoms with Crippen LogP contribution in [0, 0.1) is 0 Å². The second-order valence-electron chi connectivity index (χ2n) is 5.58. The zero-order chi connectivity index (χ0) is 14.7. The molecule has 3 rings (SSSR count). The van der Waals surface area contributed by atoms with Gasteiger partial charge in [-0.3, -0.25) is 10.00 Å². The Labute approximate surface area is 125 Å². The molecule has 1 fully saturated rings. The van der Waals surface area contributed by atoms with Crippen molar-refractivity contribution in [1.29, 1.82) is 0 Å². The predicted molar refractivity (Wildman–Crippen MR) is 81.8 cm³/mol. The average Bonchev–Trinajstić information content (AvgIpc) is 3.19. The molecule has 5 nitrogen and oxygen atoms in total. The molecule has 0 saturated carbocycles. The van der Waals surface area contributed by atoms with Gasteiger partial charge in [-0.05, 0) is 38.4 Å². The molecule has 2 aromatic rings. The van der Waals surface area contributed by atoms with Crippen LogP contribution in [0.3, 0.4) is 0 Å². The molecule has 0 amide bonds. The van der Waals surface area contributed by atoms with Crippen LogP contribution in [0.25, 0.3) is 11.4 Å². The standard InChI is InChI=1S/C16H22N4O/c1-12(20-9-3-4-10-20)13-5-7-14(8-6-13)16-17-15(11-21-2)18-19-16/h5-8,12H,3-4,9-11H2,1-2H3,(H,17,18,19). The predicted octanol–water partition coefficient (Wildman–Crippen LogP) is 2.77. The Hall–Kier alpha value is -1.72. The maximum absolute atomic E-state index is 5.05. The fourth-order valence-electron chi connectivity index (χ4n) is 2.88. The van der Waals surface area contributed by atoms with Gasteiger partial charge in [-0.15, -0.1) is 0 Å². The molecule has 112 valence electrons. The Bertz CT molecular complexity index is 572. The summed E-state index contributed by atoms with van der Waals surface area (Å²) in [6.07, 6.45) is 2.64. The topological polar surface area (TPSA) is 54.0 Å². The Kier molecular flexibility index (Phi) is 4.31. The van der Waals surface area contributed by atoms with Crippen LogP contribution in [0.4, 0.5) is 0 Å². The molecule has 21 heavy (non-hydrogen) atoms. The minimum Gasteiger partial charge on any atom is -0.377 e. The summed E-state index contributed by atoms with van der Waals surface area (Å²) in [5.41, 5.74) is 2.39. The maximum Gasteiger partial charge on any atom is 0.181 e. The van der Waals surface area contributed by atoms with Gasteiger partial charge in [-0.1, -0.05) is 24.3 Å². The van der Waals surface area contributed by atoms with Gasteiger partial charge >= 0.3 is 0 Å². The third-order valence-corrected chi connectivity index (χ3v) is 4.15. The highest BCUT2D eigenvalue weighted by atomic mass is 16.5. The van der Waals surface area contributed by atoms with Gasteiger partial charge in [0.15, 0.2) is 11.6 Å². The third kappa shape index (κ3) is 3.14. The van der Waals surface area contributed by atoms with Crippen molar-refractivity contribution in [1.82, 2.24) is 20.1 Å². The van der Waals surface area contributed by atoms with Crippen molar-refractivity contribution in [2.24, 2.45) is 0 Å². The zero-order valence-electron chi connectivity index (χ0n) is 12.7. The third-order valence-electron chi connectivity index (χ3n) is 4.15. The first kappa shape index (κ1) is 14.2. The lowest BCUT2D eigenvalue weighted by molar-refractivity contribution is 0.178. The van der Waals surface area contributed by atoms with Crippen molar-refractivity contribution in [2.45, 2.75) is 32.4 Å². The molecular weight excluding hydrogens is 264 g/mol. The van der Waals surface area contributed by atoms with Crippen molar-refractivity contribution in [3.8, 4) is 11.4 Å². The quantitative estimate of drug-likeness (QED) is 0.918. The fourth-order valence-corrected chi connectivity index (χ4v) is 2.88. The van der Waals surface area contributed by atoms with E-state index in [1.165, 1.54) is 31.5 Å². The summed E-state index contributed by atoms with van der Waals surface area (Å²) < 4.78 is 5.05. The smallest absolute Gasteiger partial charge is 0.181 e. The van der Waals surface area contributed by atoms with E-state index < -0.39 is 0 Å². The number of nitrogens with one attached hydrogen (secondary N) is 1. The van der Waals surface area contributed by atoms with E-state index in [2.05, 4.69) is 51.3 Å². The molecule has 1 atom stereocenters. The summed E-state index contributed by atoms with van der Waals surface area (Å²) in [5.74, 6) is 1.48. The van der Waals surface area contributed by atoms with E-state index in [1.807, 2.05) is 0 Å². The largest absolute Gasteiger partial charge is 0.377 e. The molecular formula is C16H22N4O. The molecule has 0 aliphatic carbocycles. The van der Waals surface area contributed by atoms with Gasteiger partial charge in [-0.2, -0.15) is 5.10 Å². The van der Waals surface area contributed by atoms with E-state index in [1.54, 1.807) is 7.11 Å². The van der Waals surface area contributed by atoms with Crippen LogP contribution in [0.5, 0.6) is 0 Å². The van der Waals surface area contributed by atoms with Gasteiger partial charge < -0.3 is 4.74 Å². The van der Waals surface area contributed by atoms with Crippen molar-refractivity contribution in [3.05, 3.63) is 35.7 Å². The number of H-pyrrole nitrogens is 1. The Morgan fingerprint density at radius 3 is 2.62 bits per heavy atom. The number of hydrogen-bond acceptors (Lipinski definition) is 4. The van der Waals surface area contributed by atoms with E-state index >= 15 is 0 Å². The molecule has 0 bridgehead atoms. The van der Waals surface area contributed by atoms with Crippen molar-refractivity contribution in [3.63, 3.8) is 0 Å². The van der Waals surface area contributed by atoms with Gasteiger partial charge in [0.2, 0.25) is 0 Å². The van der Waals surface area contributed by atoms with Gasteiger partial charge in [0.25, 0.3) is 0 Å². The first-order valence-corrected chi connectivity index (χ1v) is 7.52. The second kappa shape index (κ2) is 6.37. The van der Waals surface area contributed by atoms with E-state index in [0.29, 0.717) is 12.6 Å². The Morgan fingerprint density at radius 2 is 1.95 bits per heavy atom. The van der Waals surface area contributed by atoms with E-state index in [-0.39, 0.29) is 0 Å². The van der Waals surface area contributed by atoms with E-state index in [4.69, 9.17) is 4.74 Å². The lowest BCUT2D eigenvalue weighted by Crippen LogP contribution is -2.23. The van der Waals surface area contributed by atoms with E-state index in [0.717, 1.165) is 17.2 Å². The molecule has 2 heterocycles. The fraction of sp³-hybridized carbons (Fsp3) is 0.500. The van der Waals surface area contributed by atoms with Crippen LogP contribution in [0.1, 0.15) is 37.2 Å². The number of aromatic nitrogens is 3. The highest BCUT2D eigenvalue weighted by Gasteiger charge is 2.19. The Morgan fingerprint density at radius 1 is 1.24 bits per heavy atom. The lowest BCUT2D eigenvalue weighted by Gasteiger charge is -2.24. The number of nitrogens with zero attached hydrogens (tertiary/aromatic N) is 3. The highest BCUT2D eigenvalue weighted by Crippen LogP contribution is 2.26. The second-order valence-corrected chi connectivity index (χ2v) is 5.58. The molecule has 1 N–H and O–H groups in total. The van der Waals surface area contributed by atoms with E-state index in [9.17, 15) is 0 Å². The highest BCUT2D eigenvalue weighted by molar-refractivity contribution is 5.55. The van der Waals surface area contributed by atoms with Crippen LogP contribution in [0.2, 0.25) is 0 Å². The molecule has 5 heteroatoms. The molecule has 1 aromatic heterocycles. The summed E-state index contributed by atoms with van der Waals surface area (Å²) in [4.78, 5) is 6.96. The van der Waals surface area contributed by atoms with Crippen molar-refractivity contribution in [2.75, 3.05) is 20.2 Å². The van der Waals surface area contributed by atoms with Gasteiger partial charge in [-0.25, -0.2) is 4.98 Å². The monoisotopic (exact) mass is 286 g/mol. The van der Waals surface area contributed by atoms with Gasteiger partial charge in [0, 0.05) is 18.7 Å². The number of methoxy groups -OCH3 is 1. The number of likely N-dealkylation sites (tertiary alicyclic amines) is 1. The number of ether oxygens (including phenoxy) is 1. The zero-order valence-corrected chi connectivity index (χ0v) is 12.7. The summed E-state index contributed by atoms with van der Waals surface area (Å²) in [6.45, 7) is 5.16. The molecule has 1 aromatic carbocycles. The van der Waals surface area contributed by atoms with Crippen LogP contribution in [0.15, 0.2) is 24.3 Å². The SMILES string of the molecule is COCc1nc(-c2ccc(C(C)N3CCCC3)cc2)n[nH]1. The molecule has 1 unspecified atom stereocenters. The minimum atomic E-state index is 0.455. The summed E-state index contributed by atoms with van der Waals surface area (Å²) >= 11 is 0. The van der Waals surface area contributed by atoms with Gasteiger partial charge in [0.1, 0.15) is 6.61 Å². The number of hydrogen-bond donors (Lipinski definition) is 1. The molecule has 0 spiro atoms.